The van der Waals surface area contributed by atoms with Crippen molar-refractivity contribution in [1.29, 1.82) is 0 Å². The Morgan fingerprint density at radius 1 is 1.35 bits per heavy atom. The highest BCUT2D eigenvalue weighted by Gasteiger charge is 2.28. The Bertz CT molecular complexity index is 238. The van der Waals surface area contributed by atoms with E-state index in [4.69, 9.17) is 0 Å². The molecule has 0 radical (unpaired) electrons. The number of aliphatic hydroxyl groups excluding tert-OH is 1. The predicted octanol–water partition coefficient (Wildman–Crippen LogP) is 0.994. The van der Waals surface area contributed by atoms with Gasteiger partial charge in [0.15, 0.2) is 0 Å². The first-order valence-electron chi connectivity index (χ1n) is 6.76. The standard InChI is InChI=1S/C13H26N2O2/c1-4-11(16)9-14-12(10(2)3)13(17)15-7-5-6-8-15/h10-12,14,16H,4-9H2,1-3H3/t11-,12+/m1/s1. The first-order chi connectivity index (χ1) is 8.06. The summed E-state index contributed by atoms with van der Waals surface area (Å²) in [6, 6.07) is -0.158. The van der Waals surface area contributed by atoms with Gasteiger partial charge in [0.1, 0.15) is 0 Å². The SMILES string of the molecule is CC[C@@H](O)CN[C@H](C(=O)N1CCCC1)C(C)C. The summed E-state index contributed by atoms with van der Waals surface area (Å²) in [7, 11) is 0. The summed E-state index contributed by atoms with van der Waals surface area (Å²) in [6.07, 6.45) is 2.60. The molecule has 0 aromatic carbocycles. The number of hydrogen-bond acceptors (Lipinski definition) is 3. The van der Waals surface area contributed by atoms with Gasteiger partial charge in [0.25, 0.3) is 0 Å². The van der Waals surface area contributed by atoms with Crippen LogP contribution in [0.4, 0.5) is 0 Å². The van der Waals surface area contributed by atoms with Crippen LogP contribution in [0.15, 0.2) is 0 Å². The summed E-state index contributed by atoms with van der Waals surface area (Å²) in [4.78, 5) is 14.2. The first kappa shape index (κ1) is 14.5. The van der Waals surface area contributed by atoms with Crippen molar-refractivity contribution in [2.75, 3.05) is 19.6 Å². The minimum Gasteiger partial charge on any atom is -0.392 e. The second kappa shape index (κ2) is 6.97. The zero-order valence-corrected chi connectivity index (χ0v) is 11.3. The molecule has 1 saturated heterocycles. The largest absolute Gasteiger partial charge is 0.392 e. The Morgan fingerprint density at radius 3 is 2.41 bits per heavy atom. The zero-order chi connectivity index (χ0) is 12.8. The third-order valence-corrected chi connectivity index (χ3v) is 3.40. The molecule has 100 valence electrons. The van der Waals surface area contributed by atoms with E-state index in [1.165, 1.54) is 0 Å². The molecule has 1 heterocycles. The van der Waals surface area contributed by atoms with Crippen LogP contribution in [0.5, 0.6) is 0 Å². The molecule has 4 heteroatoms. The van der Waals surface area contributed by atoms with E-state index in [0.29, 0.717) is 6.54 Å². The van der Waals surface area contributed by atoms with Crippen LogP contribution in [0.25, 0.3) is 0 Å². The Kier molecular flexibility index (Phi) is 5.92. The minimum atomic E-state index is -0.359. The van der Waals surface area contributed by atoms with E-state index in [9.17, 15) is 9.90 Å². The number of rotatable bonds is 6. The fourth-order valence-electron chi connectivity index (χ4n) is 2.15. The fraction of sp³-hybridized carbons (Fsp3) is 0.923. The third kappa shape index (κ3) is 4.28. The number of carbonyl (C=O) groups excluding carboxylic acids is 1. The van der Waals surface area contributed by atoms with Crippen LogP contribution in [-0.2, 0) is 4.79 Å². The number of nitrogens with one attached hydrogen (secondary N) is 1. The summed E-state index contributed by atoms with van der Waals surface area (Å²) >= 11 is 0. The van der Waals surface area contributed by atoms with E-state index in [-0.39, 0.29) is 24.0 Å². The van der Waals surface area contributed by atoms with Gasteiger partial charge >= 0.3 is 0 Å². The van der Waals surface area contributed by atoms with Crippen molar-refractivity contribution in [3.63, 3.8) is 0 Å². The van der Waals surface area contributed by atoms with Crippen molar-refractivity contribution in [2.45, 2.75) is 52.2 Å². The minimum absolute atomic E-state index is 0.158. The van der Waals surface area contributed by atoms with Crippen LogP contribution in [0, 0.1) is 5.92 Å². The molecule has 1 aliphatic heterocycles. The lowest BCUT2D eigenvalue weighted by molar-refractivity contribution is -0.133. The summed E-state index contributed by atoms with van der Waals surface area (Å²) in [5, 5.41) is 12.8. The zero-order valence-electron chi connectivity index (χ0n) is 11.3. The Labute approximate surface area is 104 Å². The van der Waals surface area contributed by atoms with Crippen LogP contribution in [0.1, 0.15) is 40.0 Å². The molecule has 0 aromatic rings. The van der Waals surface area contributed by atoms with Crippen molar-refractivity contribution in [3.8, 4) is 0 Å². The van der Waals surface area contributed by atoms with Gasteiger partial charge in [-0.25, -0.2) is 0 Å². The van der Waals surface area contributed by atoms with Crippen LogP contribution in [-0.4, -0.2) is 47.7 Å². The first-order valence-corrected chi connectivity index (χ1v) is 6.76. The Balaban J connectivity index is 2.49. The van der Waals surface area contributed by atoms with Gasteiger partial charge in [0.2, 0.25) is 5.91 Å². The molecule has 4 nitrogen and oxygen atoms in total. The maximum Gasteiger partial charge on any atom is 0.239 e. The summed E-state index contributed by atoms with van der Waals surface area (Å²) in [6.45, 7) is 8.31. The Morgan fingerprint density at radius 2 is 1.94 bits per heavy atom. The van der Waals surface area contributed by atoms with Crippen molar-refractivity contribution in [1.82, 2.24) is 10.2 Å². The lowest BCUT2D eigenvalue weighted by Crippen LogP contribution is -2.50. The monoisotopic (exact) mass is 242 g/mol. The van der Waals surface area contributed by atoms with E-state index in [2.05, 4.69) is 5.32 Å². The van der Waals surface area contributed by atoms with Crippen molar-refractivity contribution < 1.29 is 9.90 Å². The molecule has 17 heavy (non-hydrogen) atoms. The van der Waals surface area contributed by atoms with Gasteiger partial charge in [0, 0.05) is 19.6 Å². The second-order valence-electron chi connectivity index (χ2n) is 5.22. The number of carbonyl (C=O) groups is 1. The maximum absolute atomic E-state index is 12.3. The lowest BCUT2D eigenvalue weighted by atomic mass is 10.0. The van der Waals surface area contributed by atoms with E-state index >= 15 is 0 Å². The van der Waals surface area contributed by atoms with Crippen molar-refractivity contribution >= 4 is 5.91 Å². The van der Waals surface area contributed by atoms with Crippen LogP contribution >= 0.6 is 0 Å². The van der Waals surface area contributed by atoms with Gasteiger partial charge in [-0.15, -0.1) is 0 Å². The molecule has 0 aromatic heterocycles. The predicted molar refractivity (Wildman–Crippen MR) is 68.7 cm³/mol. The van der Waals surface area contributed by atoms with Crippen molar-refractivity contribution in [2.24, 2.45) is 5.92 Å². The molecule has 0 saturated carbocycles. The van der Waals surface area contributed by atoms with Crippen LogP contribution in [0.2, 0.25) is 0 Å². The van der Waals surface area contributed by atoms with Gasteiger partial charge in [-0.2, -0.15) is 0 Å². The molecule has 2 atom stereocenters. The topological polar surface area (TPSA) is 52.6 Å². The van der Waals surface area contributed by atoms with Gasteiger partial charge in [-0.3, -0.25) is 4.79 Å². The van der Waals surface area contributed by atoms with Gasteiger partial charge in [-0.05, 0) is 25.2 Å². The Hall–Kier alpha value is -0.610. The number of likely N-dealkylation sites (tertiary alicyclic amines) is 1. The average Bonchev–Trinajstić information content (AvgIpc) is 2.81. The quantitative estimate of drug-likeness (QED) is 0.730. The average molecular weight is 242 g/mol. The van der Waals surface area contributed by atoms with Gasteiger partial charge < -0.3 is 15.3 Å². The molecule has 1 amide bonds. The highest BCUT2D eigenvalue weighted by molar-refractivity contribution is 5.82. The summed E-state index contributed by atoms with van der Waals surface area (Å²) in [5.41, 5.74) is 0. The molecule has 0 bridgehead atoms. The summed E-state index contributed by atoms with van der Waals surface area (Å²) < 4.78 is 0. The van der Waals surface area contributed by atoms with Gasteiger partial charge in [0.05, 0.1) is 12.1 Å². The number of nitrogens with zero attached hydrogens (tertiary/aromatic N) is 1. The molecular formula is C13H26N2O2. The maximum atomic E-state index is 12.3. The molecule has 1 fully saturated rings. The fourth-order valence-corrected chi connectivity index (χ4v) is 2.15. The second-order valence-corrected chi connectivity index (χ2v) is 5.22. The van der Waals surface area contributed by atoms with Crippen LogP contribution < -0.4 is 5.32 Å². The van der Waals surface area contributed by atoms with Gasteiger partial charge in [-0.1, -0.05) is 20.8 Å². The normalized spacial score (nSPS) is 19.7. The van der Waals surface area contributed by atoms with Crippen LogP contribution in [0.3, 0.4) is 0 Å². The van der Waals surface area contributed by atoms with E-state index in [1.54, 1.807) is 0 Å². The smallest absolute Gasteiger partial charge is 0.239 e. The number of aliphatic hydroxyl groups is 1. The van der Waals surface area contributed by atoms with E-state index in [0.717, 1.165) is 32.4 Å². The molecule has 1 rings (SSSR count). The molecular weight excluding hydrogens is 216 g/mol. The van der Waals surface area contributed by atoms with E-state index in [1.807, 2.05) is 25.7 Å². The highest BCUT2D eigenvalue weighted by atomic mass is 16.3. The number of amides is 1. The highest BCUT2D eigenvalue weighted by Crippen LogP contribution is 2.13. The third-order valence-electron chi connectivity index (χ3n) is 3.40. The van der Waals surface area contributed by atoms with E-state index < -0.39 is 0 Å². The molecule has 0 spiro atoms. The molecule has 2 N–H and O–H groups in total. The molecule has 1 aliphatic rings. The molecule has 0 aliphatic carbocycles. The van der Waals surface area contributed by atoms with Crippen molar-refractivity contribution in [3.05, 3.63) is 0 Å². The molecule has 0 unspecified atom stereocenters. The summed E-state index contributed by atoms with van der Waals surface area (Å²) in [5.74, 6) is 0.452. The number of hydrogen-bond donors (Lipinski definition) is 2. The lowest BCUT2D eigenvalue weighted by Gasteiger charge is -2.27.